The van der Waals surface area contributed by atoms with Crippen LogP contribution in [0, 0.1) is 5.92 Å². The molecular formula is C24H32N4O3. The zero-order chi connectivity index (χ0) is 21.8. The van der Waals surface area contributed by atoms with Gasteiger partial charge in [0.05, 0.1) is 7.11 Å². The van der Waals surface area contributed by atoms with Gasteiger partial charge in [-0.05, 0) is 69.2 Å². The molecular weight excluding hydrogens is 392 g/mol. The Morgan fingerprint density at radius 1 is 1.06 bits per heavy atom. The number of benzene rings is 1. The van der Waals surface area contributed by atoms with Crippen LogP contribution in [-0.4, -0.2) is 64.2 Å². The molecule has 1 aromatic heterocycles. The molecule has 0 bridgehead atoms. The molecule has 2 aromatic rings. The molecule has 2 fully saturated rings. The number of carbonyl (C=O) groups is 2. The first kappa shape index (κ1) is 21.4. The monoisotopic (exact) mass is 424 g/mol. The minimum Gasteiger partial charge on any atom is -0.497 e. The molecule has 31 heavy (non-hydrogen) atoms. The van der Waals surface area contributed by atoms with Crippen LogP contribution in [0.2, 0.25) is 0 Å². The van der Waals surface area contributed by atoms with E-state index < -0.39 is 0 Å². The molecule has 0 aliphatic carbocycles. The predicted molar refractivity (Wildman–Crippen MR) is 118 cm³/mol. The number of methoxy groups -OCH3 is 1. The van der Waals surface area contributed by atoms with Crippen LogP contribution in [0.1, 0.15) is 59.9 Å². The van der Waals surface area contributed by atoms with E-state index in [0.29, 0.717) is 29.5 Å². The van der Waals surface area contributed by atoms with Crippen molar-refractivity contribution < 1.29 is 14.3 Å². The van der Waals surface area contributed by atoms with E-state index in [4.69, 9.17) is 4.74 Å². The molecule has 1 atom stereocenters. The van der Waals surface area contributed by atoms with Gasteiger partial charge in [0.15, 0.2) is 0 Å². The van der Waals surface area contributed by atoms with Gasteiger partial charge in [0, 0.05) is 44.0 Å². The molecule has 4 rings (SSSR count). The number of carbonyl (C=O) groups excluding carboxylic acids is 2. The van der Waals surface area contributed by atoms with Crippen LogP contribution in [-0.2, 0) is 6.54 Å². The van der Waals surface area contributed by atoms with Crippen molar-refractivity contribution in [2.45, 2.75) is 51.6 Å². The van der Waals surface area contributed by atoms with E-state index in [9.17, 15) is 9.59 Å². The molecule has 166 valence electrons. The van der Waals surface area contributed by atoms with Crippen LogP contribution in [0.4, 0.5) is 0 Å². The summed E-state index contributed by atoms with van der Waals surface area (Å²) in [5.41, 5.74) is 1.35. The molecule has 2 aliphatic rings. The predicted octanol–water partition coefficient (Wildman–Crippen LogP) is 3.46. The van der Waals surface area contributed by atoms with E-state index in [1.165, 1.54) is 0 Å². The smallest absolute Gasteiger partial charge is 0.272 e. The van der Waals surface area contributed by atoms with Crippen molar-refractivity contribution in [1.29, 1.82) is 0 Å². The lowest BCUT2D eigenvalue weighted by atomic mass is 9.83. The Balaban J connectivity index is 1.42. The van der Waals surface area contributed by atoms with Crippen molar-refractivity contribution in [2.24, 2.45) is 5.92 Å². The number of hydrogen-bond acceptors (Lipinski definition) is 4. The number of nitrogens with zero attached hydrogens (tertiary/aromatic N) is 4. The summed E-state index contributed by atoms with van der Waals surface area (Å²) >= 11 is 0. The molecule has 2 aliphatic heterocycles. The molecule has 3 heterocycles. The second-order valence-corrected chi connectivity index (χ2v) is 8.46. The topological polar surface area (TPSA) is 67.7 Å². The van der Waals surface area contributed by atoms with Gasteiger partial charge in [-0.15, -0.1) is 0 Å². The summed E-state index contributed by atoms with van der Waals surface area (Å²) in [6.07, 6.45) is 6.79. The van der Waals surface area contributed by atoms with Gasteiger partial charge in [-0.1, -0.05) is 6.07 Å². The fraction of sp³-hybridized carbons (Fsp3) is 0.542. The van der Waals surface area contributed by atoms with Crippen molar-refractivity contribution in [3.63, 3.8) is 0 Å². The largest absolute Gasteiger partial charge is 0.497 e. The van der Waals surface area contributed by atoms with Gasteiger partial charge in [0.1, 0.15) is 11.4 Å². The van der Waals surface area contributed by atoms with Crippen molar-refractivity contribution in [1.82, 2.24) is 19.6 Å². The highest BCUT2D eigenvalue weighted by atomic mass is 16.5. The Kier molecular flexibility index (Phi) is 6.59. The van der Waals surface area contributed by atoms with Crippen LogP contribution in [0.25, 0.3) is 0 Å². The first-order valence-electron chi connectivity index (χ1n) is 11.4. The van der Waals surface area contributed by atoms with E-state index in [-0.39, 0.29) is 17.9 Å². The summed E-state index contributed by atoms with van der Waals surface area (Å²) < 4.78 is 7.06. The minimum atomic E-state index is 0.0609. The van der Waals surface area contributed by atoms with Crippen molar-refractivity contribution >= 4 is 11.8 Å². The van der Waals surface area contributed by atoms with Gasteiger partial charge in [-0.2, -0.15) is 5.10 Å². The fourth-order valence-corrected chi connectivity index (χ4v) is 5.04. The molecule has 0 unspecified atom stereocenters. The average Bonchev–Trinajstić information content (AvgIpc) is 3.32. The molecule has 0 N–H and O–H groups in total. The maximum Gasteiger partial charge on any atom is 0.272 e. The summed E-state index contributed by atoms with van der Waals surface area (Å²) in [6, 6.07) is 9.47. The SMILES string of the molecule is CCn1nccc1C(=O)N1CCC([C@H]2CCCCN2C(=O)c2cccc(OC)c2)CC1. The van der Waals surface area contributed by atoms with E-state index in [2.05, 4.69) is 10.00 Å². The Bertz CT molecular complexity index is 917. The van der Waals surface area contributed by atoms with Gasteiger partial charge in [-0.25, -0.2) is 0 Å². The average molecular weight is 425 g/mol. The van der Waals surface area contributed by atoms with Gasteiger partial charge in [0.25, 0.3) is 11.8 Å². The lowest BCUT2D eigenvalue weighted by molar-refractivity contribution is 0.0371. The van der Waals surface area contributed by atoms with Gasteiger partial charge in [-0.3, -0.25) is 14.3 Å². The number of amides is 2. The van der Waals surface area contributed by atoms with Crippen LogP contribution in [0.15, 0.2) is 36.5 Å². The maximum absolute atomic E-state index is 13.3. The number of aromatic nitrogens is 2. The summed E-state index contributed by atoms with van der Waals surface area (Å²) in [7, 11) is 1.62. The molecule has 2 amide bonds. The van der Waals surface area contributed by atoms with Gasteiger partial charge in [0.2, 0.25) is 0 Å². The quantitative estimate of drug-likeness (QED) is 0.737. The molecule has 0 saturated carbocycles. The second kappa shape index (κ2) is 9.54. The first-order valence-corrected chi connectivity index (χ1v) is 11.4. The first-order chi connectivity index (χ1) is 15.1. The van der Waals surface area contributed by atoms with Crippen LogP contribution >= 0.6 is 0 Å². The molecule has 0 spiro atoms. The lowest BCUT2D eigenvalue weighted by Gasteiger charge is -2.43. The van der Waals surface area contributed by atoms with Crippen molar-refractivity contribution in [2.75, 3.05) is 26.7 Å². The van der Waals surface area contributed by atoms with Crippen LogP contribution in [0.5, 0.6) is 5.75 Å². The number of hydrogen-bond donors (Lipinski definition) is 0. The van der Waals surface area contributed by atoms with Gasteiger partial charge >= 0.3 is 0 Å². The van der Waals surface area contributed by atoms with Crippen molar-refractivity contribution in [3.8, 4) is 5.75 Å². The summed E-state index contributed by atoms with van der Waals surface area (Å²) in [5.74, 6) is 1.28. The fourth-order valence-electron chi connectivity index (χ4n) is 5.04. The Morgan fingerprint density at radius 3 is 2.61 bits per heavy atom. The number of likely N-dealkylation sites (tertiary alicyclic amines) is 2. The Hall–Kier alpha value is -2.83. The lowest BCUT2D eigenvalue weighted by Crippen LogP contribution is -2.51. The number of ether oxygens (including phenoxy) is 1. The zero-order valence-electron chi connectivity index (χ0n) is 18.5. The van der Waals surface area contributed by atoms with Crippen LogP contribution in [0.3, 0.4) is 0 Å². The third-order valence-electron chi connectivity index (χ3n) is 6.73. The standard InChI is InChI=1S/C24H32N4O3/c1-3-28-22(10-13-25-28)24(30)26-15-11-18(12-16-26)21-9-4-5-14-27(21)23(29)19-7-6-8-20(17-19)31-2/h6-8,10,13,17-18,21H,3-5,9,11-12,14-16H2,1-2H3/t21-/m1/s1. The van der Waals surface area contributed by atoms with E-state index in [1.807, 2.05) is 36.1 Å². The van der Waals surface area contributed by atoms with E-state index in [1.54, 1.807) is 24.1 Å². The highest BCUT2D eigenvalue weighted by Crippen LogP contribution is 2.32. The highest BCUT2D eigenvalue weighted by molar-refractivity contribution is 5.95. The normalized spacial score (nSPS) is 20.0. The number of aryl methyl sites for hydroxylation is 1. The van der Waals surface area contributed by atoms with Crippen molar-refractivity contribution in [3.05, 3.63) is 47.8 Å². The second-order valence-electron chi connectivity index (χ2n) is 8.46. The summed E-state index contributed by atoms with van der Waals surface area (Å²) in [4.78, 5) is 30.3. The summed E-state index contributed by atoms with van der Waals surface area (Å²) in [6.45, 7) is 4.95. The highest BCUT2D eigenvalue weighted by Gasteiger charge is 2.36. The maximum atomic E-state index is 13.3. The molecule has 7 nitrogen and oxygen atoms in total. The third-order valence-corrected chi connectivity index (χ3v) is 6.73. The number of piperidine rings is 2. The van der Waals surface area contributed by atoms with E-state index in [0.717, 1.165) is 51.7 Å². The molecule has 0 radical (unpaired) electrons. The molecule has 7 heteroatoms. The zero-order valence-corrected chi connectivity index (χ0v) is 18.5. The van der Waals surface area contributed by atoms with E-state index >= 15 is 0 Å². The summed E-state index contributed by atoms with van der Waals surface area (Å²) in [5, 5.41) is 4.23. The Labute approximate surface area is 184 Å². The molecule has 1 aromatic carbocycles. The third kappa shape index (κ3) is 4.45. The van der Waals surface area contributed by atoms with Gasteiger partial charge < -0.3 is 14.5 Å². The van der Waals surface area contributed by atoms with Crippen LogP contribution < -0.4 is 4.74 Å². The molecule has 2 saturated heterocycles. The minimum absolute atomic E-state index is 0.0609. The number of rotatable bonds is 5. The Morgan fingerprint density at radius 2 is 1.87 bits per heavy atom.